The number of piperidine rings is 1. The smallest absolute Gasteiger partial charge is 0.243 e. The highest BCUT2D eigenvalue weighted by Gasteiger charge is 2.25. The monoisotopic (exact) mass is 432 g/mol. The number of nitrogens with one attached hydrogen (secondary N) is 2. The van der Waals surface area contributed by atoms with E-state index in [1.165, 1.54) is 6.07 Å². The third-order valence-electron chi connectivity index (χ3n) is 5.04. The van der Waals surface area contributed by atoms with E-state index in [0.717, 1.165) is 24.8 Å². The number of benzene rings is 2. The van der Waals surface area contributed by atoms with Gasteiger partial charge in [0.15, 0.2) is 5.96 Å². The van der Waals surface area contributed by atoms with Gasteiger partial charge >= 0.3 is 0 Å². The van der Waals surface area contributed by atoms with Gasteiger partial charge in [0, 0.05) is 31.7 Å². The zero-order chi connectivity index (χ0) is 21.4. The van der Waals surface area contributed by atoms with Crippen molar-refractivity contribution in [2.24, 2.45) is 4.99 Å². The molecule has 6 nitrogen and oxygen atoms in total. The molecule has 0 aromatic heterocycles. The van der Waals surface area contributed by atoms with E-state index in [1.54, 1.807) is 46.8 Å². The molecule has 1 aliphatic heterocycles. The highest BCUT2D eigenvalue weighted by molar-refractivity contribution is 7.89. The molecule has 2 N–H and O–H groups in total. The van der Waals surface area contributed by atoms with Crippen LogP contribution in [0.4, 0.5) is 4.39 Å². The number of hydrogen-bond donors (Lipinski definition) is 2. The van der Waals surface area contributed by atoms with Crippen molar-refractivity contribution in [3.05, 3.63) is 65.5 Å². The molecule has 0 radical (unpaired) electrons. The van der Waals surface area contributed by atoms with E-state index in [-0.39, 0.29) is 5.82 Å². The van der Waals surface area contributed by atoms with Crippen molar-refractivity contribution in [1.29, 1.82) is 0 Å². The average Bonchev–Trinajstić information content (AvgIpc) is 2.77. The molecule has 0 aliphatic carbocycles. The molecule has 0 atom stereocenters. The number of halogens is 1. The summed E-state index contributed by atoms with van der Waals surface area (Å²) >= 11 is 0. The highest BCUT2D eigenvalue weighted by atomic mass is 32.2. The molecule has 30 heavy (non-hydrogen) atoms. The Kier molecular flexibility index (Phi) is 7.81. The number of hydrogen-bond acceptors (Lipinski definition) is 3. The summed E-state index contributed by atoms with van der Waals surface area (Å²) in [5, 5.41) is 6.26. The molecule has 0 unspecified atom stereocenters. The van der Waals surface area contributed by atoms with Crippen LogP contribution < -0.4 is 10.6 Å². The predicted octanol–water partition coefficient (Wildman–Crippen LogP) is 3.26. The van der Waals surface area contributed by atoms with Crippen LogP contribution in [0.3, 0.4) is 0 Å². The third-order valence-corrected chi connectivity index (χ3v) is 6.96. The van der Waals surface area contributed by atoms with Crippen molar-refractivity contribution in [1.82, 2.24) is 14.9 Å². The van der Waals surface area contributed by atoms with Gasteiger partial charge < -0.3 is 10.6 Å². The first-order valence-electron chi connectivity index (χ1n) is 10.4. The SMILES string of the molecule is CCNC(=NCc1ccc(S(=O)(=O)N2CCCCC2)cc1)NCc1ccccc1F. The first kappa shape index (κ1) is 22.2. The predicted molar refractivity (Wildman–Crippen MR) is 117 cm³/mol. The maximum atomic E-state index is 13.8. The summed E-state index contributed by atoms with van der Waals surface area (Å²) in [6, 6.07) is 13.5. The van der Waals surface area contributed by atoms with Crippen molar-refractivity contribution in [2.75, 3.05) is 19.6 Å². The summed E-state index contributed by atoms with van der Waals surface area (Å²) in [6.07, 6.45) is 2.92. The molecule has 8 heteroatoms. The maximum Gasteiger partial charge on any atom is 0.243 e. The number of sulfonamides is 1. The third kappa shape index (κ3) is 5.79. The van der Waals surface area contributed by atoms with Gasteiger partial charge in [-0.25, -0.2) is 17.8 Å². The number of nitrogens with zero attached hydrogens (tertiary/aromatic N) is 2. The standard InChI is InChI=1S/C22H29FN4O2S/c1-2-24-22(26-17-19-8-4-5-9-21(19)23)25-16-18-10-12-20(13-11-18)30(28,29)27-14-6-3-7-15-27/h4-5,8-13H,2-3,6-7,14-17H2,1H3,(H2,24,25,26). The molecule has 162 valence electrons. The molecular formula is C22H29FN4O2S. The Morgan fingerprint density at radius 2 is 1.73 bits per heavy atom. The minimum atomic E-state index is -3.42. The average molecular weight is 433 g/mol. The number of guanidine groups is 1. The quantitative estimate of drug-likeness (QED) is 0.520. The lowest BCUT2D eigenvalue weighted by Gasteiger charge is -2.25. The second-order valence-electron chi connectivity index (χ2n) is 7.25. The fourth-order valence-corrected chi connectivity index (χ4v) is 4.87. The molecule has 0 saturated carbocycles. The Hall–Kier alpha value is -2.45. The molecule has 0 bridgehead atoms. The van der Waals surface area contributed by atoms with E-state index < -0.39 is 10.0 Å². The van der Waals surface area contributed by atoms with Gasteiger partial charge in [-0.1, -0.05) is 36.8 Å². The molecule has 0 spiro atoms. The van der Waals surface area contributed by atoms with Gasteiger partial charge in [-0.2, -0.15) is 4.31 Å². The van der Waals surface area contributed by atoms with E-state index >= 15 is 0 Å². The van der Waals surface area contributed by atoms with Crippen LogP contribution in [0.2, 0.25) is 0 Å². The number of rotatable bonds is 7. The molecule has 3 rings (SSSR count). The normalized spacial score (nSPS) is 15.7. The van der Waals surface area contributed by atoms with Crippen molar-refractivity contribution in [3.8, 4) is 0 Å². The lowest BCUT2D eigenvalue weighted by Crippen LogP contribution is -2.37. The Morgan fingerprint density at radius 3 is 2.40 bits per heavy atom. The Balaban J connectivity index is 1.63. The van der Waals surface area contributed by atoms with E-state index in [4.69, 9.17) is 0 Å². The molecule has 1 fully saturated rings. The second-order valence-corrected chi connectivity index (χ2v) is 9.19. The van der Waals surface area contributed by atoms with Crippen LogP contribution in [0, 0.1) is 5.82 Å². The van der Waals surface area contributed by atoms with Crippen molar-refractivity contribution >= 4 is 16.0 Å². The van der Waals surface area contributed by atoms with Gasteiger partial charge in [-0.15, -0.1) is 0 Å². The first-order chi connectivity index (χ1) is 14.5. The van der Waals surface area contributed by atoms with Crippen LogP contribution >= 0.6 is 0 Å². The Labute approximate surface area is 178 Å². The van der Waals surface area contributed by atoms with Gasteiger partial charge in [0.25, 0.3) is 0 Å². The topological polar surface area (TPSA) is 73.8 Å². The molecule has 1 saturated heterocycles. The van der Waals surface area contributed by atoms with Crippen LogP contribution in [0.5, 0.6) is 0 Å². The van der Waals surface area contributed by atoms with Crippen LogP contribution in [0.15, 0.2) is 58.4 Å². The number of aliphatic imine (C=N–C) groups is 1. The second kappa shape index (κ2) is 10.5. The summed E-state index contributed by atoms with van der Waals surface area (Å²) in [5.41, 5.74) is 1.46. The van der Waals surface area contributed by atoms with E-state index in [0.29, 0.717) is 49.1 Å². The molecular weight excluding hydrogens is 403 g/mol. The lowest BCUT2D eigenvalue weighted by molar-refractivity contribution is 0.346. The van der Waals surface area contributed by atoms with Gasteiger partial charge in [-0.05, 0) is 43.5 Å². The van der Waals surface area contributed by atoms with Crippen LogP contribution in [-0.2, 0) is 23.1 Å². The summed E-state index contributed by atoms with van der Waals surface area (Å²) in [7, 11) is -3.42. The van der Waals surface area contributed by atoms with Gasteiger partial charge in [0.2, 0.25) is 10.0 Å². The fourth-order valence-electron chi connectivity index (χ4n) is 3.35. The first-order valence-corrected chi connectivity index (χ1v) is 11.8. The van der Waals surface area contributed by atoms with Gasteiger partial charge in [0.05, 0.1) is 11.4 Å². The highest BCUT2D eigenvalue weighted by Crippen LogP contribution is 2.21. The minimum absolute atomic E-state index is 0.258. The van der Waals surface area contributed by atoms with Crippen molar-refractivity contribution in [2.45, 2.75) is 44.2 Å². The summed E-state index contributed by atoms with van der Waals surface area (Å²) in [4.78, 5) is 4.84. The maximum absolute atomic E-state index is 13.8. The summed E-state index contributed by atoms with van der Waals surface area (Å²) in [5.74, 6) is 0.317. The van der Waals surface area contributed by atoms with E-state index in [2.05, 4.69) is 15.6 Å². The van der Waals surface area contributed by atoms with Crippen molar-refractivity contribution < 1.29 is 12.8 Å². The van der Waals surface area contributed by atoms with Gasteiger partial charge in [-0.3, -0.25) is 0 Å². The van der Waals surface area contributed by atoms with Crippen LogP contribution in [0.1, 0.15) is 37.3 Å². The molecule has 0 amide bonds. The molecule has 2 aromatic rings. The summed E-state index contributed by atoms with van der Waals surface area (Å²) in [6.45, 7) is 4.53. The minimum Gasteiger partial charge on any atom is -0.357 e. The van der Waals surface area contributed by atoms with Crippen LogP contribution in [-0.4, -0.2) is 38.3 Å². The summed E-state index contributed by atoms with van der Waals surface area (Å²) < 4.78 is 40.9. The Morgan fingerprint density at radius 1 is 1.03 bits per heavy atom. The van der Waals surface area contributed by atoms with Gasteiger partial charge in [0.1, 0.15) is 5.82 Å². The zero-order valence-electron chi connectivity index (χ0n) is 17.3. The molecule has 1 aliphatic rings. The fraction of sp³-hybridized carbons (Fsp3) is 0.409. The molecule has 1 heterocycles. The van der Waals surface area contributed by atoms with Crippen molar-refractivity contribution in [3.63, 3.8) is 0 Å². The van der Waals surface area contributed by atoms with E-state index in [1.807, 2.05) is 6.92 Å². The van der Waals surface area contributed by atoms with Crippen LogP contribution in [0.25, 0.3) is 0 Å². The zero-order valence-corrected chi connectivity index (χ0v) is 18.1. The van der Waals surface area contributed by atoms with E-state index in [9.17, 15) is 12.8 Å². The largest absolute Gasteiger partial charge is 0.357 e. The lowest BCUT2D eigenvalue weighted by atomic mass is 10.2. The molecule has 2 aromatic carbocycles. The Bertz CT molecular complexity index is 955.